The second kappa shape index (κ2) is 5.45. The number of benzene rings is 2. The monoisotopic (exact) mass is 354 g/mol. The van der Waals surface area contributed by atoms with E-state index in [1.165, 1.54) is 0 Å². The topological polar surface area (TPSA) is 69.3 Å². The molecule has 3 aliphatic rings. The van der Waals surface area contributed by atoms with Gasteiger partial charge in [0.05, 0.1) is 11.7 Å². The summed E-state index contributed by atoms with van der Waals surface area (Å²) in [5.74, 6) is 2.75. The van der Waals surface area contributed by atoms with E-state index in [2.05, 4.69) is 5.32 Å². The molecule has 2 amide bonds. The lowest BCUT2D eigenvalue weighted by molar-refractivity contribution is 0.173. The van der Waals surface area contributed by atoms with Crippen LogP contribution in [0.15, 0.2) is 30.3 Å². The Morgan fingerprint density at radius 1 is 0.962 bits per heavy atom. The first-order valence-electron chi connectivity index (χ1n) is 8.54. The molecule has 0 aromatic heterocycles. The van der Waals surface area contributed by atoms with Crippen molar-refractivity contribution in [3.8, 4) is 23.0 Å². The minimum absolute atomic E-state index is 0.00632. The van der Waals surface area contributed by atoms with Crippen LogP contribution in [0, 0.1) is 0 Å². The third kappa shape index (κ3) is 2.16. The average molecular weight is 354 g/mol. The fraction of sp³-hybridized carbons (Fsp3) is 0.316. The number of nitrogens with one attached hydrogen (secondary N) is 1. The molecular weight excluding hydrogens is 336 g/mol. The fourth-order valence-electron chi connectivity index (χ4n) is 3.64. The van der Waals surface area contributed by atoms with Crippen molar-refractivity contribution < 1.29 is 23.7 Å². The van der Waals surface area contributed by atoms with Gasteiger partial charge in [0.2, 0.25) is 13.6 Å². The molecule has 134 valence electrons. The molecule has 0 saturated carbocycles. The van der Waals surface area contributed by atoms with Crippen LogP contribution in [0.1, 0.15) is 31.0 Å². The maximum atomic E-state index is 12.8. The van der Waals surface area contributed by atoms with Crippen LogP contribution in [-0.2, 0) is 0 Å². The van der Waals surface area contributed by atoms with Crippen molar-refractivity contribution in [1.29, 1.82) is 0 Å². The van der Waals surface area contributed by atoms with Crippen LogP contribution in [0.2, 0.25) is 0 Å². The number of carbonyl (C=O) groups is 1. The zero-order chi connectivity index (χ0) is 17.8. The maximum absolute atomic E-state index is 12.8. The number of amides is 2. The number of hydrogen-bond acceptors (Lipinski definition) is 5. The number of rotatable bonds is 2. The van der Waals surface area contributed by atoms with Crippen LogP contribution in [-0.4, -0.2) is 25.7 Å². The Balaban J connectivity index is 1.66. The maximum Gasteiger partial charge on any atom is 0.322 e. The van der Waals surface area contributed by atoms with E-state index in [0.717, 1.165) is 16.8 Å². The third-order valence-corrected chi connectivity index (χ3v) is 4.83. The van der Waals surface area contributed by atoms with Gasteiger partial charge in [-0.1, -0.05) is 6.07 Å². The average Bonchev–Trinajstić information content (AvgIpc) is 3.26. The number of carbonyl (C=O) groups excluding carboxylic acids is 1. The molecule has 0 bridgehead atoms. The normalized spacial score (nSPS) is 19.6. The lowest BCUT2D eigenvalue weighted by Gasteiger charge is -2.37. The van der Waals surface area contributed by atoms with Crippen LogP contribution >= 0.6 is 0 Å². The van der Waals surface area contributed by atoms with Crippen molar-refractivity contribution in [3.63, 3.8) is 0 Å². The molecule has 2 aromatic carbocycles. The van der Waals surface area contributed by atoms with Crippen molar-refractivity contribution in [3.05, 3.63) is 41.5 Å². The Morgan fingerprint density at radius 2 is 1.62 bits per heavy atom. The van der Waals surface area contributed by atoms with Gasteiger partial charge in [-0.05, 0) is 37.6 Å². The molecule has 2 aromatic rings. The number of urea groups is 1. The molecule has 0 saturated heterocycles. The van der Waals surface area contributed by atoms with Crippen molar-refractivity contribution in [1.82, 2.24) is 5.32 Å². The molecular formula is C19H18N2O5. The van der Waals surface area contributed by atoms with E-state index in [9.17, 15) is 4.79 Å². The van der Waals surface area contributed by atoms with E-state index in [4.69, 9.17) is 18.9 Å². The predicted octanol–water partition coefficient (Wildman–Crippen LogP) is 3.17. The van der Waals surface area contributed by atoms with Gasteiger partial charge in [-0.2, -0.15) is 0 Å². The van der Waals surface area contributed by atoms with Crippen LogP contribution in [0.3, 0.4) is 0 Å². The standard InChI is InChI=1S/C19H18N2O5/c1-10(2)21-13-7-17-16(25-9-26-17)6-12(13)18(20-19(21)22)11-3-4-14-15(5-11)24-8-23-14/h3-7,10,18H,8-9H2,1-2H3,(H,20,22). The largest absolute Gasteiger partial charge is 0.454 e. The van der Waals surface area contributed by atoms with Gasteiger partial charge >= 0.3 is 6.03 Å². The number of nitrogens with zero attached hydrogens (tertiary/aromatic N) is 1. The van der Waals surface area contributed by atoms with Crippen LogP contribution in [0.5, 0.6) is 23.0 Å². The van der Waals surface area contributed by atoms with Gasteiger partial charge in [-0.15, -0.1) is 0 Å². The van der Waals surface area contributed by atoms with E-state index in [1.54, 1.807) is 4.90 Å². The van der Waals surface area contributed by atoms with Crippen molar-refractivity contribution in [2.75, 3.05) is 18.5 Å². The summed E-state index contributed by atoms with van der Waals surface area (Å²) >= 11 is 0. The highest BCUT2D eigenvalue weighted by Crippen LogP contribution is 2.45. The predicted molar refractivity (Wildman–Crippen MR) is 93.1 cm³/mol. The molecule has 26 heavy (non-hydrogen) atoms. The SMILES string of the molecule is CC(C)N1C(=O)NC(c2ccc3c(c2)OCO3)c2cc3c(cc21)OCO3. The molecule has 7 heteroatoms. The molecule has 1 unspecified atom stereocenters. The van der Waals surface area contributed by atoms with Gasteiger partial charge < -0.3 is 24.3 Å². The molecule has 1 atom stereocenters. The molecule has 3 heterocycles. The van der Waals surface area contributed by atoms with Crippen molar-refractivity contribution in [2.24, 2.45) is 0 Å². The van der Waals surface area contributed by atoms with E-state index in [0.29, 0.717) is 23.0 Å². The summed E-state index contributed by atoms with van der Waals surface area (Å²) in [5, 5.41) is 3.10. The third-order valence-electron chi connectivity index (χ3n) is 4.83. The highest BCUT2D eigenvalue weighted by atomic mass is 16.7. The summed E-state index contributed by atoms with van der Waals surface area (Å²) in [5.41, 5.74) is 2.71. The van der Waals surface area contributed by atoms with E-state index >= 15 is 0 Å². The quantitative estimate of drug-likeness (QED) is 0.897. The van der Waals surface area contributed by atoms with Gasteiger partial charge in [-0.3, -0.25) is 4.90 Å². The Morgan fingerprint density at radius 3 is 2.35 bits per heavy atom. The number of anilines is 1. The Bertz CT molecular complexity index is 911. The smallest absolute Gasteiger partial charge is 0.322 e. The molecule has 1 N–H and O–H groups in total. The van der Waals surface area contributed by atoms with Crippen LogP contribution in [0.4, 0.5) is 10.5 Å². The molecule has 0 radical (unpaired) electrons. The summed E-state index contributed by atoms with van der Waals surface area (Å²) in [6.07, 6.45) is 0. The minimum Gasteiger partial charge on any atom is -0.454 e. The summed E-state index contributed by atoms with van der Waals surface area (Å²) in [6, 6.07) is 9.10. The second-order valence-corrected chi connectivity index (χ2v) is 6.72. The number of hydrogen-bond donors (Lipinski definition) is 1. The lowest BCUT2D eigenvalue weighted by Crippen LogP contribution is -2.50. The van der Waals surface area contributed by atoms with Gasteiger partial charge in [0.15, 0.2) is 23.0 Å². The summed E-state index contributed by atoms with van der Waals surface area (Å²) in [6.45, 7) is 4.37. The first kappa shape index (κ1) is 15.2. The summed E-state index contributed by atoms with van der Waals surface area (Å²) in [4.78, 5) is 14.5. The summed E-state index contributed by atoms with van der Waals surface area (Å²) < 4.78 is 21.9. The van der Waals surface area contributed by atoms with Gasteiger partial charge in [-0.25, -0.2) is 4.79 Å². The summed E-state index contributed by atoms with van der Waals surface area (Å²) in [7, 11) is 0. The first-order chi connectivity index (χ1) is 12.6. The zero-order valence-electron chi connectivity index (χ0n) is 14.4. The van der Waals surface area contributed by atoms with E-state index in [-0.39, 0.29) is 31.7 Å². The van der Waals surface area contributed by atoms with Crippen LogP contribution < -0.4 is 29.2 Å². The molecule has 0 spiro atoms. The van der Waals surface area contributed by atoms with Gasteiger partial charge in [0.1, 0.15) is 0 Å². The highest BCUT2D eigenvalue weighted by Gasteiger charge is 2.36. The number of ether oxygens (including phenoxy) is 4. The fourth-order valence-corrected chi connectivity index (χ4v) is 3.64. The van der Waals surface area contributed by atoms with E-state index in [1.807, 2.05) is 44.2 Å². The number of fused-ring (bicyclic) bond motifs is 3. The first-order valence-corrected chi connectivity index (χ1v) is 8.54. The molecule has 0 aliphatic carbocycles. The highest BCUT2D eigenvalue weighted by molar-refractivity contribution is 5.97. The lowest BCUT2D eigenvalue weighted by atomic mass is 9.93. The zero-order valence-corrected chi connectivity index (χ0v) is 14.4. The molecule has 7 nitrogen and oxygen atoms in total. The second-order valence-electron chi connectivity index (χ2n) is 6.72. The molecule has 5 rings (SSSR count). The Hall–Kier alpha value is -3.09. The van der Waals surface area contributed by atoms with Crippen LogP contribution in [0.25, 0.3) is 0 Å². The molecule has 0 fully saturated rings. The van der Waals surface area contributed by atoms with Crippen molar-refractivity contribution >= 4 is 11.7 Å². The van der Waals surface area contributed by atoms with Gasteiger partial charge in [0.25, 0.3) is 0 Å². The Labute approximate surface area is 150 Å². The minimum atomic E-state index is -0.309. The van der Waals surface area contributed by atoms with E-state index < -0.39 is 0 Å². The Kier molecular flexibility index (Phi) is 3.19. The van der Waals surface area contributed by atoms with Gasteiger partial charge in [0, 0.05) is 17.7 Å². The van der Waals surface area contributed by atoms with Crippen molar-refractivity contribution in [2.45, 2.75) is 25.9 Å². The molecule has 3 aliphatic heterocycles.